The minimum Gasteiger partial charge on any atom is -0.340 e. The molecule has 1 heterocycles. The Morgan fingerprint density at radius 1 is 1.11 bits per heavy atom. The van der Waals surface area contributed by atoms with Crippen molar-refractivity contribution in [2.75, 3.05) is 28.9 Å². The second-order valence-electron chi connectivity index (χ2n) is 4.94. The Kier molecular flexibility index (Phi) is 6.07. The van der Waals surface area contributed by atoms with Crippen molar-refractivity contribution in [1.29, 1.82) is 5.26 Å². The van der Waals surface area contributed by atoms with E-state index in [1.54, 1.807) is 6.19 Å². The van der Waals surface area contributed by atoms with Crippen LogP contribution in [0.1, 0.15) is 0 Å². The molecule has 0 bridgehead atoms. The van der Waals surface area contributed by atoms with Crippen molar-refractivity contribution in [3.63, 3.8) is 0 Å². The SMILES string of the molecule is CS(=O)(=O)NCNc1nc(NC#N)nc(Nc2cccc(S(=O)(=O)O)c2)n1. The molecular formula is C12H14N8O5S2. The molecule has 0 fully saturated rings. The summed E-state index contributed by atoms with van der Waals surface area (Å²) in [5, 5.41) is 16.2. The maximum atomic E-state index is 11.2. The number of hydrogen-bond acceptors (Lipinski definition) is 11. The molecule has 2 rings (SSSR count). The summed E-state index contributed by atoms with van der Waals surface area (Å²) in [6, 6.07) is 5.22. The number of nitrogens with zero attached hydrogens (tertiary/aromatic N) is 4. The van der Waals surface area contributed by atoms with E-state index >= 15 is 0 Å². The Bertz CT molecular complexity index is 1080. The van der Waals surface area contributed by atoms with Gasteiger partial charge in [0.25, 0.3) is 10.1 Å². The van der Waals surface area contributed by atoms with Crippen molar-refractivity contribution in [2.45, 2.75) is 4.90 Å². The first-order valence-electron chi connectivity index (χ1n) is 7.01. The molecule has 1 aromatic carbocycles. The number of nitrogens with one attached hydrogen (secondary N) is 4. The number of sulfonamides is 1. The van der Waals surface area contributed by atoms with Gasteiger partial charge in [0, 0.05) is 5.69 Å². The lowest BCUT2D eigenvalue weighted by Gasteiger charge is -2.10. The molecule has 0 unspecified atom stereocenters. The fourth-order valence-corrected chi connectivity index (χ4v) is 2.59. The third-order valence-electron chi connectivity index (χ3n) is 2.77. The van der Waals surface area contributed by atoms with E-state index in [1.807, 2.05) is 0 Å². The summed E-state index contributed by atoms with van der Waals surface area (Å²) >= 11 is 0. The van der Waals surface area contributed by atoms with E-state index < -0.39 is 20.1 Å². The molecule has 0 saturated heterocycles. The summed E-state index contributed by atoms with van der Waals surface area (Å²) in [6.07, 6.45) is 2.60. The van der Waals surface area contributed by atoms with Crippen molar-refractivity contribution < 1.29 is 21.4 Å². The Hall–Kier alpha value is -3.06. The van der Waals surface area contributed by atoms with Gasteiger partial charge < -0.3 is 10.6 Å². The molecule has 2 aromatic rings. The fraction of sp³-hybridized carbons (Fsp3) is 0.167. The van der Waals surface area contributed by atoms with Crippen molar-refractivity contribution in [2.24, 2.45) is 0 Å². The van der Waals surface area contributed by atoms with E-state index in [-0.39, 0.29) is 35.1 Å². The number of hydrogen-bond donors (Lipinski definition) is 5. The maximum Gasteiger partial charge on any atom is 0.294 e. The molecule has 0 aliphatic heterocycles. The minimum atomic E-state index is -4.39. The van der Waals surface area contributed by atoms with Crippen LogP contribution < -0.4 is 20.7 Å². The third kappa shape index (κ3) is 6.63. The lowest BCUT2D eigenvalue weighted by Crippen LogP contribution is -2.28. The summed E-state index contributed by atoms with van der Waals surface area (Å²) < 4.78 is 55.8. The third-order valence-corrected chi connectivity index (χ3v) is 4.29. The average Bonchev–Trinajstić information content (AvgIpc) is 2.53. The molecule has 144 valence electrons. The maximum absolute atomic E-state index is 11.2. The van der Waals surface area contributed by atoms with Gasteiger partial charge in [-0.25, -0.2) is 8.42 Å². The molecule has 0 atom stereocenters. The van der Waals surface area contributed by atoms with Crippen LogP contribution in [0.4, 0.5) is 23.5 Å². The lowest BCUT2D eigenvalue weighted by molar-refractivity contribution is 0.483. The van der Waals surface area contributed by atoms with Gasteiger partial charge >= 0.3 is 0 Å². The Balaban J connectivity index is 2.26. The van der Waals surface area contributed by atoms with E-state index in [2.05, 4.69) is 35.6 Å². The largest absolute Gasteiger partial charge is 0.340 e. The van der Waals surface area contributed by atoms with Crippen LogP contribution in [0.15, 0.2) is 29.2 Å². The van der Waals surface area contributed by atoms with Crippen molar-refractivity contribution in [3.05, 3.63) is 24.3 Å². The number of anilines is 4. The second-order valence-corrected chi connectivity index (χ2v) is 8.20. The van der Waals surface area contributed by atoms with Crippen molar-refractivity contribution >= 4 is 43.7 Å². The van der Waals surface area contributed by atoms with Crippen LogP contribution in [0.5, 0.6) is 0 Å². The predicted octanol–water partition coefficient (Wildman–Crippen LogP) is -0.327. The standard InChI is InChI=1S/C12H14N8O5S2/c1-26(21,22)16-7-15-11-18-10(14-6-13)19-12(20-11)17-8-3-2-4-9(5-8)27(23,24)25/h2-5,16H,7H2,1H3,(H,23,24,25)(H3,14,15,17,18,19,20). The summed E-state index contributed by atoms with van der Waals surface area (Å²) in [5.41, 5.74) is 0.236. The first kappa shape index (κ1) is 20.3. The van der Waals surface area contributed by atoms with Gasteiger partial charge in [-0.05, 0) is 18.2 Å². The summed E-state index contributed by atoms with van der Waals surface area (Å²) in [7, 11) is -7.83. The molecule has 13 nitrogen and oxygen atoms in total. The highest BCUT2D eigenvalue weighted by molar-refractivity contribution is 7.88. The van der Waals surface area contributed by atoms with Crippen LogP contribution in [0.2, 0.25) is 0 Å². The van der Waals surface area contributed by atoms with Gasteiger partial charge in [-0.15, -0.1) is 0 Å². The van der Waals surface area contributed by atoms with Gasteiger partial charge in [-0.1, -0.05) is 6.07 Å². The highest BCUT2D eigenvalue weighted by Crippen LogP contribution is 2.19. The Labute approximate surface area is 154 Å². The molecule has 0 saturated carbocycles. The van der Waals surface area contributed by atoms with E-state index in [4.69, 9.17) is 9.81 Å². The summed E-state index contributed by atoms with van der Waals surface area (Å²) in [6.45, 7) is -0.216. The molecular weight excluding hydrogens is 400 g/mol. The average molecular weight is 414 g/mol. The zero-order valence-electron chi connectivity index (χ0n) is 13.7. The molecule has 27 heavy (non-hydrogen) atoms. The van der Waals surface area contributed by atoms with Crippen LogP contribution in [0, 0.1) is 11.5 Å². The van der Waals surface area contributed by atoms with Crippen molar-refractivity contribution in [1.82, 2.24) is 19.7 Å². The van der Waals surface area contributed by atoms with Gasteiger partial charge in [-0.2, -0.15) is 33.4 Å². The van der Waals surface area contributed by atoms with E-state index in [9.17, 15) is 16.8 Å². The van der Waals surface area contributed by atoms with Gasteiger partial charge in [0.2, 0.25) is 27.9 Å². The molecule has 0 radical (unpaired) electrons. The molecule has 0 aliphatic carbocycles. The molecule has 5 N–H and O–H groups in total. The topological polar surface area (TPSA) is 199 Å². The zero-order valence-corrected chi connectivity index (χ0v) is 15.3. The molecule has 0 aliphatic rings. The Morgan fingerprint density at radius 2 is 1.78 bits per heavy atom. The normalized spacial score (nSPS) is 11.4. The smallest absolute Gasteiger partial charge is 0.294 e. The number of rotatable bonds is 8. The van der Waals surface area contributed by atoms with Crippen LogP contribution >= 0.6 is 0 Å². The first-order chi connectivity index (χ1) is 12.6. The van der Waals surface area contributed by atoms with Crippen LogP contribution in [-0.2, 0) is 20.1 Å². The molecule has 1 aromatic heterocycles. The number of nitriles is 1. The van der Waals surface area contributed by atoms with Crippen LogP contribution in [-0.4, -0.2) is 49.3 Å². The first-order valence-corrected chi connectivity index (χ1v) is 10.3. The monoisotopic (exact) mass is 414 g/mol. The highest BCUT2D eigenvalue weighted by atomic mass is 32.2. The highest BCUT2D eigenvalue weighted by Gasteiger charge is 2.11. The molecule has 15 heteroatoms. The zero-order chi connectivity index (χ0) is 20.1. The number of benzene rings is 1. The lowest BCUT2D eigenvalue weighted by atomic mass is 10.3. The molecule has 0 spiro atoms. The minimum absolute atomic E-state index is 0.0627. The van der Waals surface area contributed by atoms with Gasteiger partial charge in [-0.3, -0.25) is 9.87 Å². The fourth-order valence-electron chi connectivity index (χ4n) is 1.73. The Morgan fingerprint density at radius 3 is 2.41 bits per heavy atom. The predicted molar refractivity (Wildman–Crippen MR) is 95.1 cm³/mol. The quantitative estimate of drug-likeness (QED) is 0.163. The summed E-state index contributed by atoms with van der Waals surface area (Å²) in [5.74, 6) is -0.271. The van der Waals surface area contributed by atoms with Crippen molar-refractivity contribution in [3.8, 4) is 6.19 Å². The second kappa shape index (κ2) is 8.09. The van der Waals surface area contributed by atoms with Crippen LogP contribution in [0.3, 0.4) is 0 Å². The molecule has 0 amide bonds. The number of aromatic nitrogens is 3. The summed E-state index contributed by atoms with van der Waals surface area (Å²) in [4.78, 5) is 11.4. The van der Waals surface area contributed by atoms with E-state index in [0.717, 1.165) is 12.3 Å². The van der Waals surface area contributed by atoms with Gasteiger partial charge in [0.05, 0.1) is 17.8 Å². The van der Waals surface area contributed by atoms with E-state index in [1.165, 1.54) is 18.2 Å². The van der Waals surface area contributed by atoms with E-state index in [0.29, 0.717) is 0 Å². The van der Waals surface area contributed by atoms with Gasteiger partial charge in [0.1, 0.15) is 0 Å². The van der Waals surface area contributed by atoms with Crippen LogP contribution in [0.25, 0.3) is 0 Å². The van der Waals surface area contributed by atoms with Gasteiger partial charge in [0.15, 0.2) is 6.19 Å².